The van der Waals surface area contributed by atoms with E-state index in [9.17, 15) is 0 Å². The maximum atomic E-state index is 5.78. The van der Waals surface area contributed by atoms with E-state index in [1.54, 1.807) is 39.7 Å². The molecule has 0 spiro atoms. The van der Waals surface area contributed by atoms with Crippen molar-refractivity contribution in [3.63, 3.8) is 0 Å². The number of nitrogen functional groups attached to an aromatic ring is 1. The van der Waals surface area contributed by atoms with Crippen LogP contribution in [0.4, 0.5) is 5.69 Å². The summed E-state index contributed by atoms with van der Waals surface area (Å²) in [4.78, 5) is 4.29. The highest BCUT2D eigenvalue weighted by Crippen LogP contribution is 2.43. The van der Waals surface area contributed by atoms with Crippen LogP contribution in [-0.4, -0.2) is 26.3 Å². The molecular formula is C14H16N2O3. The van der Waals surface area contributed by atoms with E-state index >= 15 is 0 Å². The molecule has 1 aromatic carbocycles. The number of nitrogens with zero attached hydrogens (tertiary/aromatic N) is 1. The van der Waals surface area contributed by atoms with Gasteiger partial charge in [0, 0.05) is 17.4 Å². The van der Waals surface area contributed by atoms with Crippen molar-refractivity contribution < 1.29 is 14.2 Å². The Labute approximate surface area is 111 Å². The summed E-state index contributed by atoms with van der Waals surface area (Å²) < 4.78 is 16.0. The first kappa shape index (κ1) is 13.0. The molecule has 0 saturated heterocycles. The molecule has 2 rings (SSSR count). The second-order valence-electron chi connectivity index (χ2n) is 3.86. The second-order valence-corrected chi connectivity index (χ2v) is 3.86. The maximum absolute atomic E-state index is 5.78. The first-order valence-electron chi connectivity index (χ1n) is 5.72. The molecule has 5 heteroatoms. The fourth-order valence-corrected chi connectivity index (χ4v) is 1.90. The summed E-state index contributed by atoms with van der Waals surface area (Å²) in [7, 11) is 4.72. The number of ether oxygens (including phenoxy) is 3. The van der Waals surface area contributed by atoms with E-state index in [4.69, 9.17) is 19.9 Å². The third kappa shape index (κ3) is 2.40. The lowest BCUT2D eigenvalue weighted by molar-refractivity contribution is 0.325. The first-order valence-corrected chi connectivity index (χ1v) is 5.72. The monoisotopic (exact) mass is 260 g/mol. The van der Waals surface area contributed by atoms with E-state index in [0.717, 1.165) is 11.3 Å². The molecule has 0 aliphatic carbocycles. The van der Waals surface area contributed by atoms with Gasteiger partial charge in [-0.05, 0) is 24.3 Å². The van der Waals surface area contributed by atoms with E-state index < -0.39 is 0 Å². The van der Waals surface area contributed by atoms with Gasteiger partial charge in [-0.2, -0.15) is 0 Å². The van der Waals surface area contributed by atoms with Crippen molar-refractivity contribution in [2.75, 3.05) is 27.1 Å². The lowest BCUT2D eigenvalue weighted by Gasteiger charge is -2.15. The van der Waals surface area contributed by atoms with Crippen molar-refractivity contribution in [1.29, 1.82) is 0 Å². The number of aromatic nitrogens is 1. The van der Waals surface area contributed by atoms with Crippen molar-refractivity contribution in [1.82, 2.24) is 4.98 Å². The molecule has 100 valence electrons. The molecule has 0 bridgehead atoms. The number of hydrogen-bond donors (Lipinski definition) is 1. The van der Waals surface area contributed by atoms with Gasteiger partial charge < -0.3 is 19.9 Å². The van der Waals surface area contributed by atoms with Crippen molar-refractivity contribution in [3.8, 4) is 28.5 Å². The number of hydrogen-bond acceptors (Lipinski definition) is 5. The summed E-state index contributed by atoms with van der Waals surface area (Å²) in [5.74, 6) is 1.71. The van der Waals surface area contributed by atoms with E-state index in [-0.39, 0.29) is 0 Å². The Balaban J connectivity index is 2.64. The minimum absolute atomic E-state index is 0.534. The van der Waals surface area contributed by atoms with Gasteiger partial charge in [-0.15, -0.1) is 0 Å². The van der Waals surface area contributed by atoms with Gasteiger partial charge in [-0.3, -0.25) is 4.98 Å². The Morgan fingerprint density at radius 2 is 1.68 bits per heavy atom. The number of rotatable bonds is 4. The molecule has 1 aromatic heterocycles. The Morgan fingerprint density at radius 3 is 2.26 bits per heavy atom. The number of benzene rings is 1. The lowest BCUT2D eigenvalue weighted by Crippen LogP contribution is -1.98. The van der Waals surface area contributed by atoms with Crippen LogP contribution in [0.2, 0.25) is 0 Å². The summed E-state index contributed by atoms with van der Waals surface area (Å²) in [6.07, 6.45) is 1.65. The molecule has 5 nitrogen and oxygen atoms in total. The Kier molecular flexibility index (Phi) is 3.75. The van der Waals surface area contributed by atoms with Crippen LogP contribution in [0.1, 0.15) is 0 Å². The lowest BCUT2D eigenvalue weighted by atomic mass is 10.1. The minimum atomic E-state index is 0.534. The van der Waals surface area contributed by atoms with Gasteiger partial charge in [0.05, 0.1) is 27.0 Å². The smallest absolute Gasteiger partial charge is 0.203 e. The van der Waals surface area contributed by atoms with Crippen LogP contribution >= 0.6 is 0 Å². The van der Waals surface area contributed by atoms with Gasteiger partial charge >= 0.3 is 0 Å². The summed E-state index contributed by atoms with van der Waals surface area (Å²) in [6, 6.07) is 7.18. The van der Waals surface area contributed by atoms with Crippen LogP contribution in [-0.2, 0) is 0 Å². The van der Waals surface area contributed by atoms with Crippen molar-refractivity contribution in [3.05, 3.63) is 30.5 Å². The SMILES string of the molecule is COc1ccc(-c2cc(N)ccn2)c(OC)c1OC. The standard InChI is InChI=1S/C14H16N2O3/c1-17-12-5-4-10(13(18-2)14(12)19-3)11-8-9(15)6-7-16-11/h4-8H,1-3H3,(H2,15,16). The highest BCUT2D eigenvalue weighted by Gasteiger charge is 2.17. The van der Waals surface area contributed by atoms with Gasteiger partial charge in [0.15, 0.2) is 11.5 Å². The molecule has 0 amide bonds. The molecule has 0 fully saturated rings. The number of methoxy groups -OCH3 is 3. The molecule has 2 N–H and O–H groups in total. The average Bonchev–Trinajstić information content (AvgIpc) is 2.45. The molecule has 0 aliphatic heterocycles. The fraction of sp³-hybridized carbons (Fsp3) is 0.214. The molecule has 19 heavy (non-hydrogen) atoms. The first-order chi connectivity index (χ1) is 9.21. The van der Waals surface area contributed by atoms with Gasteiger partial charge in [0.1, 0.15) is 0 Å². The van der Waals surface area contributed by atoms with E-state index in [1.165, 1.54) is 0 Å². The molecule has 0 radical (unpaired) electrons. The minimum Gasteiger partial charge on any atom is -0.493 e. The van der Waals surface area contributed by atoms with Gasteiger partial charge in [0.25, 0.3) is 0 Å². The van der Waals surface area contributed by atoms with E-state index in [0.29, 0.717) is 22.9 Å². The summed E-state index contributed by atoms with van der Waals surface area (Å²) in [6.45, 7) is 0. The predicted octanol–water partition coefficient (Wildman–Crippen LogP) is 2.36. The fourth-order valence-electron chi connectivity index (χ4n) is 1.90. The zero-order valence-electron chi connectivity index (χ0n) is 11.1. The van der Waals surface area contributed by atoms with Crippen molar-refractivity contribution in [2.24, 2.45) is 0 Å². The maximum Gasteiger partial charge on any atom is 0.203 e. The van der Waals surface area contributed by atoms with Crippen molar-refractivity contribution in [2.45, 2.75) is 0 Å². The molecule has 0 aliphatic rings. The Bertz CT molecular complexity index is 585. The van der Waals surface area contributed by atoms with Crippen LogP contribution in [0.15, 0.2) is 30.5 Å². The van der Waals surface area contributed by atoms with Crippen molar-refractivity contribution >= 4 is 5.69 Å². The van der Waals surface area contributed by atoms with Gasteiger partial charge in [-0.25, -0.2) is 0 Å². The van der Waals surface area contributed by atoms with Crippen LogP contribution in [0.3, 0.4) is 0 Å². The third-order valence-electron chi connectivity index (χ3n) is 2.76. The predicted molar refractivity (Wildman–Crippen MR) is 73.7 cm³/mol. The molecule has 0 saturated carbocycles. The molecular weight excluding hydrogens is 244 g/mol. The molecule has 0 unspecified atom stereocenters. The number of anilines is 1. The largest absolute Gasteiger partial charge is 0.493 e. The van der Waals surface area contributed by atoms with E-state index in [2.05, 4.69) is 4.98 Å². The van der Waals surface area contributed by atoms with Crippen LogP contribution in [0.25, 0.3) is 11.3 Å². The quantitative estimate of drug-likeness (QED) is 0.914. The summed E-state index contributed by atoms with van der Waals surface area (Å²) in [5.41, 5.74) is 7.94. The molecule has 2 aromatic rings. The number of nitrogens with two attached hydrogens (primary N) is 1. The van der Waals surface area contributed by atoms with Crippen LogP contribution < -0.4 is 19.9 Å². The normalized spacial score (nSPS) is 10.1. The Hall–Kier alpha value is -2.43. The van der Waals surface area contributed by atoms with Crippen LogP contribution in [0.5, 0.6) is 17.2 Å². The van der Waals surface area contributed by atoms with Gasteiger partial charge in [0.2, 0.25) is 5.75 Å². The average molecular weight is 260 g/mol. The van der Waals surface area contributed by atoms with Crippen LogP contribution in [0, 0.1) is 0 Å². The highest BCUT2D eigenvalue weighted by molar-refractivity contribution is 5.75. The number of pyridine rings is 1. The molecule has 0 atom stereocenters. The summed E-state index contributed by atoms with van der Waals surface area (Å²) in [5, 5.41) is 0. The second kappa shape index (κ2) is 5.48. The Morgan fingerprint density at radius 1 is 0.947 bits per heavy atom. The molecule has 1 heterocycles. The third-order valence-corrected chi connectivity index (χ3v) is 2.76. The van der Waals surface area contributed by atoms with E-state index in [1.807, 2.05) is 12.1 Å². The summed E-state index contributed by atoms with van der Waals surface area (Å²) >= 11 is 0. The zero-order valence-corrected chi connectivity index (χ0v) is 11.1. The topological polar surface area (TPSA) is 66.6 Å². The highest BCUT2D eigenvalue weighted by atomic mass is 16.5. The van der Waals surface area contributed by atoms with Gasteiger partial charge in [-0.1, -0.05) is 0 Å². The zero-order chi connectivity index (χ0) is 13.8.